The molecule has 0 spiro atoms. The number of hydrogen-bond donors (Lipinski definition) is 1. The zero-order valence-corrected chi connectivity index (χ0v) is 16.0. The van der Waals surface area contributed by atoms with Crippen LogP contribution in [0.5, 0.6) is 0 Å². The van der Waals surface area contributed by atoms with Crippen molar-refractivity contribution < 1.29 is 9.59 Å². The average molecular weight is 358 g/mol. The van der Waals surface area contributed by atoms with Gasteiger partial charge in [-0.25, -0.2) is 0 Å². The second-order valence-electron chi connectivity index (χ2n) is 7.29. The Morgan fingerprint density at radius 1 is 1.12 bits per heavy atom. The van der Waals surface area contributed by atoms with Gasteiger partial charge in [-0.3, -0.25) is 14.5 Å². The topological polar surface area (TPSA) is 55.9 Å². The highest BCUT2D eigenvalue weighted by Crippen LogP contribution is 2.28. The largest absolute Gasteiger partial charge is 0.351 e. The normalized spacial score (nSPS) is 18.7. The first-order valence-electron chi connectivity index (χ1n) is 9.71. The van der Waals surface area contributed by atoms with Crippen LogP contribution in [-0.4, -0.2) is 74.5 Å². The Labute approximate surface area is 156 Å². The molecule has 6 heteroatoms. The highest BCUT2D eigenvalue weighted by atomic mass is 16.2. The summed E-state index contributed by atoms with van der Waals surface area (Å²) in [7, 11) is 2.14. The molecular formula is C20H30N4O2. The molecule has 1 N–H and O–H groups in total. The van der Waals surface area contributed by atoms with Gasteiger partial charge in [0.1, 0.15) is 0 Å². The van der Waals surface area contributed by atoms with Gasteiger partial charge in [-0.05, 0) is 43.7 Å². The molecule has 0 atom stereocenters. The van der Waals surface area contributed by atoms with Crippen molar-refractivity contribution >= 4 is 17.5 Å². The lowest BCUT2D eigenvalue weighted by Crippen LogP contribution is -2.46. The van der Waals surface area contributed by atoms with E-state index < -0.39 is 0 Å². The van der Waals surface area contributed by atoms with Crippen LogP contribution in [-0.2, 0) is 11.2 Å². The molecule has 2 heterocycles. The van der Waals surface area contributed by atoms with Crippen LogP contribution in [0.25, 0.3) is 0 Å². The maximum Gasteiger partial charge on any atom is 0.251 e. The van der Waals surface area contributed by atoms with Crippen molar-refractivity contribution in [2.45, 2.75) is 26.2 Å². The highest BCUT2D eigenvalue weighted by Gasteiger charge is 2.24. The number of piperazine rings is 1. The molecule has 0 saturated carbocycles. The molecular weight excluding hydrogens is 328 g/mol. The van der Waals surface area contributed by atoms with E-state index >= 15 is 0 Å². The molecule has 0 aromatic heterocycles. The minimum absolute atomic E-state index is 0.0270. The summed E-state index contributed by atoms with van der Waals surface area (Å²) in [5.41, 5.74) is 2.76. The van der Waals surface area contributed by atoms with E-state index in [1.54, 1.807) is 0 Å². The van der Waals surface area contributed by atoms with Gasteiger partial charge in [0.05, 0.1) is 0 Å². The fourth-order valence-electron chi connectivity index (χ4n) is 3.67. The maximum atomic E-state index is 12.5. The lowest BCUT2D eigenvalue weighted by Gasteiger charge is -2.32. The number of likely N-dealkylation sites (N-methyl/N-ethyl adjacent to an activating group) is 1. The molecule has 2 aliphatic rings. The molecule has 3 rings (SSSR count). The highest BCUT2D eigenvalue weighted by molar-refractivity contribution is 5.99. The van der Waals surface area contributed by atoms with E-state index in [1.165, 1.54) is 0 Å². The Bertz CT molecular complexity index is 653. The number of nitrogens with one attached hydrogen (secondary N) is 1. The summed E-state index contributed by atoms with van der Waals surface area (Å²) in [6.45, 7) is 8.67. The van der Waals surface area contributed by atoms with Gasteiger partial charge < -0.3 is 15.1 Å². The molecule has 1 fully saturated rings. The molecule has 1 saturated heterocycles. The van der Waals surface area contributed by atoms with E-state index in [-0.39, 0.29) is 11.8 Å². The van der Waals surface area contributed by atoms with Crippen LogP contribution in [0.4, 0.5) is 5.69 Å². The standard InChI is InChI=1S/C20H30N4O2/c1-3-9-24-18-6-4-17(15-16(18)5-7-19(24)25)20(26)21-8-10-23-13-11-22(2)12-14-23/h4,6,15H,3,5,7-14H2,1-2H3,(H,21,26). The lowest BCUT2D eigenvalue weighted by atomic mass is 9.98. The zero-order valence-electron chi connectivity index (χ0n) is 16.0. The third-order valence-corrected chi connectivity index (χ3v) is 5.30. The van der Waals surface area contributed by atoms with Crippen LogP contribution in [0.2, 0.25) is 0 Å². The van der Waals surface area contributed by atoms with Gasteiger partial charge in [-0.15, -0.1) is 0 Å². The number of carbonyl (C=O) groups excluding carboxylic acids is 2. The van der Waals surface area contributed by atoms with Gasteiger partial charge >= 0.3 is 0 Å². The molecule has 0 unspecified atom stereocenters. The second kappa shape index (κ2) is 8.64. The molecule has 142 valence electrons. The van der Waals surface area contributed by atoms with Crippen LogP contribution >= 0.6 is 0 Å². The van der Waals surface area contributed by atoms with Crippen molar-refractivity contribution in [3.05, 3.63) is 29.3 Å². The van der Waals surface area contributed by atoms with Crippen molar-refractivity contribution in [2.24, 2.45) is 0 Å². The number of rotatable bonds is 6. The van der Waals surface area contributed by atoms with Crippen molar-refractivity contribution in [1.82, 2.24) is 15.1 Å². The quantitative estimate of drug-likeness (QED) is 0.834. The number of nitrogens with zero attached hydrogens (tertiary/aromatic N) is 3. The van der Waals surface area contributed by atoms with Crippen LogP contribution in [0.1, 0.15) is 35.7 Å². The number of benzene rings is 1. The fourth-order valence-corrected chi connectivity index (χ4v) is 3.67. The molecule has 0 aliphatic carbocycles. The van der Waals surface area contributed by atoms with Crippen LogP contribution in [0.15, 0.2) is 18.2 Å². The van der Waals surface area contributed by atoms with E-state index in [2.05, 4.69) is 29.1 Å². The molecule has 6 nitrogen and oxygen atoms in total. The van der Waals surface area contributed by atoms with Crippen LogP contribution < -0.4 is 10.2 Å². The first kappa shape index (κ1) is 18.9. The predicted molar refractivity (Wildman–Crippen MR) is 104 cm³/mol. The van der Waals surface area contributed by atoms with Gasteiger partial charge in [0.2, 0.25) is 5.91 Å². The summed E-state index contributed by atoms with van der Waals surface area (Å²) in [6, 6.07) is 5.72. The van der Waals surface area contributed by atoms with Gasteiger partial charge in [-0.1, -0.05) is 6.92 Å². The summed E-state index contributed by atoms with van der Waals surface area (Å²) in [5.74, 6) is 0.157. The number of amides is 2. The van der Waals surface area contributed by atoms with Gasteiger partial charge in [0.25, 0.3) is 5.91 Å². The Morgan fingerprint density at radius 2 is 1.88 bits per heavy atom. The van der Waals surface area contributed by atoms with Gasteiger partial charge in [-0.2, -0.15) is 0 Å². The zero-order chi connectivity index (χ0) is 18.5. The monoisotopic (exact) mass is 358 g/mol. The van der Waals surface area contributed by atoms with E-state index in [4.69, 9.17) is 0 Å². The Morgan fingerprint density at radius 3 is 2.62 bits per heavy atom. The minimum atomic E-state index is -0.0270. The van der Waals surface area contributed by atoms with E-state index in [1.807, 2.05) is 23.1 Å². The Balaban J connectivity index is 1.56. The van der Waals surface area contributed by atoms with Crippen molar-refractivity contribution in [3.8, 4) is 0 Å². The number of aryl methyl sites for hydroxylation is 1. The van der Waals surface area contributed by atoms with E-state index in [0.717, 1.165) is 63.4 Å². The number of anilines is 1. The smallest absolute Gasteiger partial charge is 0.251 e. The van der Waals surface area contributed by atoms with Gasteiger partial charge in [0.15, 0.2) is 0 Å². The summed E-state index contributed by atoms with van der Waals surface area (Å²) >= 11 is 0. The molecule has 0 radical (unpaired) electrons. The SMILES string of the molecule is CCCN1C(=O)CCc2cc(C(=O)NCCN3CCN(C)CC3)ccc21. The van der Waals surface area contributed by atoms with Crippen molar-refractivity contribution in [1.29, 1.82) is 0 Å². The first-order chi connectivity index (χ1) is 12.6. The van der Waals surface area contributed by atoms with Crippen molar-refractivity contribution in [2.75, 3.05) is 57.8 Å². The minimum Gasteiger partial charge on any atom is -0.351 e. The molecule has 1 aromatic rings. The molecule has 2 amide bonds. The summed E-state index contributed by atoms with van der Waals surface area (Å²) in [6.07, 6.45) is 2.18. The molecule has 1 aromatic carbocycles. The number of carbonyl (C=O) groups is 2. The number of fused-ring (bicyclic) bond motifs is 1. The van der Waals surface area contributed by atoms with Crippen LogP contribution in [0, 0.1) is 0 Å². The summed E-state index contributed by atoms with van der Waals surface area (Å²) < 4.78 is 0. The maximum absolute atomic E-state index is 12.5. The third-order valence-electron chi connectivity index (χ3n) is 5.30. The predicted octanol–water partition coefficient (Wildman–Crippen LogP) is 1.35. The van der Waals surface area contributed by atoms with E-state index in [0.29, 0.717) is 18.5 Å². The second-order valence-corrected chi connectivity index (χ2v) is 7.29. The fraction of sp³-hybridized carbons (Fsp3) is 0.600. The van der Waals surface area contributed by atoms with Gasteiger partial charge in [0, 0.05) is 63.5 Å². The first-order valence-corrected chi connectivity index (χ1v) is 9.71. The average Bonchev–Trinajstić information content (AvgIpc) is 2.65. The molecule has 26 heavy (non-hydrogen) atoms. The van der Waals surface area contributed by atoms with Crippen LogP contribution in [0.3, 0.4) is 0 Å². The third kappa shape index (κ3) is 4.43. The summed E-state index contributed by atoms with van der Waals surface area (Å²) in [4.78, 5) is 31.2. The molecule has 2 aliphatic heterocycles. The Hall–Kier alpha value is -1.92. The van der Waals surface area contributed by atoms with E-state index in [9.17, 15) is 9.59 Å². The number of hydrogen-bond acceptors (Lipinski definition) is 4. The molecule has 0 bridgehead atoms. The Kier molecular flexibility index (Phi) is 6.27. The summed E-state index contributed by atoms with van der Waals surface area (Å²) in [5, 5.41) is 3.03. The van der Waals surface area contributed by atoms with Crippen molar-refractivity contribution in [3.63, 3.8) is 0 Å². The lowest BCUT2D eigenvalue weighted by molar-refractivity contribution is -0.118.